The van der Waals surface area contributed by atoms with Gasteiger partial charge in [-0.1, -0.05) is 6.07 Å². The number of rotatable bonds is 3. The monoisotopic (exact) mass is 437 g/mol. The van der Waals surface area contributed by atoms with Crippen LogP contribution in [0.3, 0.4) is 0 Å². The number of fused-ring (bicyclic) bond motifs is 1. The van der Waals surface area contributed by atoms with E-state index in [1.54, 1.807) is 29.9 Å². The van der Waals surface area contributed by atoms with Crippen LogP contribution >= 0.6 is 0 Å². The zero-order valence-electron chi connectivity index (χ0n) is 17.0. The number of carbonyl (C=O) groups excluding carboxylic acids is 1. The van der Waals surface area contributed by atoms with Crippen LogP contribution in [0, 0.1) is 17.5 Å². The van der Waals surface area contributed by atoms with Crippen LogP contribution in [0.4, 0.5) is 24.7 Å². The van der Waals surface area contributed by atoms with Crippen LogP contribution in [-0.2, 0) is 11.8 Å². The van der Waals surface area contributed by atoms with Gasteiger partial charge in [0.1, 0.15) is 35.2 Å². The fraction of sp³-hybridized carbons (Fsp3) is 0.174. The third-order valence-electron chi connectivity index (χ3n) is 5.86. The SMILES string of the molecule is Cn1cc(-c2ccc(N3CC(c4ccc(F)cc4F)CC3=O)cc2F)c2c(N)ncnc21. The van der Waals surface area contributed by atoms with Crippen LogP contribution in [0.2, 0.25) is 0 Å². The zero-order chi connectivity index (χ0) is 22.6. The summed E-state index contributed by atoms with van der Waals surface area (Å²) < 4.78 is 44.3. The Kier molecular flexibility index (Phi) is 4.61. The van der Waals surface area contributed by atoms with E-state index in [0.29, 0.717) is 27.8 Å². The van der Waals surface area contributed by atoms with E-state index in [1.165, 1.54) is 29.4 Å². The predicted octanol–water partition coefficient (Wildman–Crippen LogP) is 4.16. The van der Waals surface area contributed by atoms with Gasteiger partial charge in [0, 0.05) is 55.0 Å². The van der Waals surface area contributed by atoms with Gasteiger partial charge in [-0.25, -0.2) is 23.1 Å². The lowest BCUT2D eigenvalue weighted by atomic mass is 9.97. The number of benzene rings is 2. The molecule has 1 aliphatic rings. The number of aryl methyl sites for hydroxylation is 1. The van der Waals surface area contributed by atoms with Crippen LogP contribution in [-0.4, -0.2) is 27.0 Å². The molecule has 1 aliphatic heterocycles. The second kappa shape index (κ2) is 7.37. The molecule has 9 heteroatoms. The molecule has 0 spiro atoms. The van der Waals surface area contributed by atoms with Crippen LogP contribution < -0.4 is 10.6 Å². The van der Waals surface area contributed by atoms with Crippen molar-refractivity contribution < 1.29 is 18.0 Å². The fourth-order valence-electron chi connectivity index (χ4n) is 4.33. The van der Waals surface area contributed by atoms with E-state index in [9.17, 15) is 13.6 Å². The number of halogens is 3. The van der Waals surface area contributed by atoms with Crippen molar-refractivity contribution in [3.8, 4) is 11.1 Å². The Morgan fingerprint density at radius 2 is 1.84 bits per heavy atom. The van der Waals surface area contributed by atoms with Crippen molar-refractivity contribution in [1.82, 2.24) is 14.5 Å². The van der Waals surface area contributed by atoms with Gasteiger partial charge in [0.05, 0.1) is 5.39 Å². The number of carbonyl (C=O) groups is 1. The summed E-state index contributed by atoms with van der Waals surface area (Å²) in [6, 6.07) is 7.80. The molecule has 2 aromatic heterocycles. The molecule has 5 rings (SSSR count). The van der Waals surface area contributed by atoms with E-state index in [0.717, 1.165) is 6.07 Å². The molecule has 4 aromatic rings. The van der Waals surface area contributed by atoms with Gasteiger partial charge in [-0.15, -0.1) is 0 Å². The van der Waals surface area contributed by atoms with Crippen molar-refractivity contribution in [2.45, 2.75) is 12.3 Å². The zero-order valence-corrected chi connectivity index (χ0v) is 17.0. The fourth-order valence-corrected chi connectivity index (χ4v) is 4.33. The van der Waals surface area contributed by atoms with E-state index in [2.05, 4.69) is 9.97 Å². The summed E-state index contributed by atoms with van der Waals surface area (Å²) in [7, 11) is 1.78. The maximum absolute atomic E-state index is 15.2. The minimum Gasteiger partial charge on any atom is -0.383 e. The molecule has 3 heterocycles. The number of amides is 1. The maximum atomic E-state index is 15.2. The number of nitrogen functional groups attached to an aromatic ring is 1. The Hall–Kier alpha value is -3.88. The maximum Gasteiger partial charge on any atom is 0.227 e. The lowest BCUT2D eigenvalue weighted by molar-refractivity contribution is -0.117. The normalized spacial score (nSPS) is 16.3. The first-order valence-electron chi connectivity index (χ1n) is 9.94. The van der Waals surface area contributed by atoms with Crippen molar-refractivity contribution in [3.63, 3.8) is 0 Å². The predicted molar refractivity (Wildman–Crippen MR) is 114 cm³/mol. The van der Waals surface area contributed by atoms with Crippen LogP contribution in [0.1, 0.15) is 17.9 Å². The first-order valence-corrected chi connectivity index (χ1v) is 9.94. The summed E-state index contributed by atoms with van der Waals surface area (Å²) in [5.41, 5.74) is 8.06. The van der Waals surface area contributed by atoms with Gasteiger partial charge < -0.3 is 15.2 Å². The summed E-state index contributed by atoms with van der Waals surface area (Å²) in [5.74, 6) is -2.36. The van der Waals surface area contributed by atoms with Crippen LogP contribution in [0.15, 0.2) is 48.9 Å². The number of anilines is 2. The summed E-state index contributed by atoms with van der Waals surface area (Å²) in [6.45, 7) is 0.176. The molecule has 162 valence electrons. The van der Waals surface area contributed by atoms with Gasteiger partial charge in [0.15, 0.2) is 0 Å². The lowest BCUT2D eigenvalue weighted by Gasteiger charge is -2.18. The second-order valence-electron chi connectivity index (χ2n) is 7.85. The van der Waals surface area contributed by atoms with Crippen molar-refractivity contribution >= 4 is 28.4 Å². The minimum atomic E-state index is -0.693. The highest BCUT2D eigenvalue weighted by molar-refractivity contribution is 6.01. The average Bonchev–Trinajstić information content (AvgIpc) is 3.29. The molecule has 0 saturated carbocycles. The first kappa shape index (κ1) is 20.0. The van der Waals surface area contributed by atoms with Gasteiger partial charge >= 0.3 is 0 Å². The molecule has 0 aliphatic carbocycles. The molecule has 1 fully saturated rings. The molecule has 1 amide bonds. The van der Waals surface area contributed by atoms with Gasteiger partial charge in [0.25, 0.3) is 0 Å². The topological polar surface area (TPSA) is 77.0 Å². The van der Waals surface area contributed by atoms with Crippen LogP contribution in [0.25, 0.3) is 22.2 Å². The van der Waals surface area contributed by atoms with Crippen LogP contribution in [0.5, 0.6) is 0 Å². The summed E-state index contributed by atoms with van der Waals surface area (Å²) in [6.07, 6.45) is 3.13. The van der Waals surface area contributed by atoms with Gasteiger partial charge in [-0.2, -0.15) is 0 Å². The molecule has 6 nitrogen and oxygen atoms in total. The van der Waals surface area contributed by atoms with Crippen molar-refractivity contribution in [2.24, 2.45) is 7.05 Å². The van der Waals surface area contributed by atoms with Gasteiger partial charge in [-0.3, -0.25) is 4.79 Å². The quantitative estimate of drug-likeness (QED) is 0.522. The Balaban J connectivity index is 1.48. The van der Waals surface area contributed by atoms with Gasteiger partial charge in [0.2, 0.25) is 5.91 Å². The van der Waals surface area contributed by atoms with Crippen molar-refractivity contribution in [1.29, 1.82) is 0 Å². The molecule has 1 saturated heterocycles. The Bertz CT molecular complexity index is 1380. The summed E-state index contributed by atoms with van der Waals surface area (Å²) >= 11 is 0. The Morgan fingerprint density at radius 3 is 2.59 bits per heavy atom. The van der Waals surface area contributed by atoms with Crippen molar-refractivity contribution in [3.05, 3.63) is 71.9 Å². The van der Waals surface area contributed by atoms with E-state index < -0.39 is 23.4 Å². The average molecular weight is 437 g/mol. The summed E-state index contributed by atoms with van der Waals surface area (Å²) in [4.78, 5) is 22.2. The first-order chi connectivity index (χ1) is 15.3. The third-order valence-corrected chi connectivity index (χ3v) is 5.86. The molecule has 32 heavy (non-hydrogen) atoms. The largest absolute Gasteiger partial charge is 0.383 e. The van der Waals surface area contributed by atoms with E-state index >= 15 is 4.39 Å². The molecule has 2 aromatic carbocycles. The van der Waals surface area contributed by atoms with E-state index in [1.807, 2.05) is 0 Å². The standard InChI is InChI=1S/C23H18F3N5O/c1-30-10-17(21-22(27)28-11-29-23(21)30)16-5-3-14(8-19(16)26)31-9-12(6-20(31)32)15-4-2-13(24)7-18(15)25/h2-5,7-8,10-12H,6,9H2,1H3,(H2,27,28,29). The number of nitrogens with zero attached hydrogens (tertiary/aromatic N) is 4. The highest BCUT2D eigenvalue weighted by atomic mass is 19.1. The minimum absolute atomic E-state index is 0.0586. The molecule has 1 atom stereocenters. The molecule has 2 N–H and O–H groups in total. The molecular formula is C23H18F3N5O. The molecular weight excluding hydrogens is 419 g/mol. The second-order valence-corrected chi connectivity index (χ2v) is 7.85. The number of aromatic nitrogens is 3. The number of hydrogen-bond donors (Lipinski definition) is 1. The summed E-state index contributed by atoms with van der Waals surface area (Å²) in [5, 5.41) is 0.547. The third kappa shape index (κ3) is 3.17. The smallest absolute Gasteiger partial charge is 0.227 e. The lowest BCUT2D eigenvalue weighted by Crippen LogP contribution is -2.24. The van der Waals surface area contributed by atoms with E-state index in [4.69, 9.17) is 5.73 Å². The Labute approximate surface area is 181 Å². The van der Waals surface area contributed by atoms with E-state index in [-0.39, 0.29) is 30.3 Å². The number of nitrogens with two attached hydrogens (primary N) is 1. The number of hydrogen-bond acceptors (Lipinski definition) is 4. The highest BCUT2D eigenvalue weighted by Gasteiger charge is 2.33. The molecule has 0 radical (unpaired) electrons. The van der Waals surface area contributed by atoms with Crippen molar-refractivity contribution in [2.75, 3.05) is 17.2 Å². The Morgan fingerprint density at radius 1 is 1.03 bits per heavy atom. The van der Waals surface area contributed by atoms with Gasteiger partial charge in [-0.05, 0) is 29.8 Å². The highest BCUT2D eigenvalue weighted by Crippen LogP contribution is 2.37. The molecule has 0 bridgehead atoms. The molecule has 1 unspecified atom stereocenters.